The molecule has 0 bridgehead atoms. The van der Waals surface area contributed by atoms with E-state index in [4.69, 9.17) is 0 Å². The van der Waals surface area contributed by atoms with Crippen LogP contribution < -0.4 is 10.0 Å². The molecule has 0 saturated carbocycles. The Morgan fingerprint density at radius 2 is 1.88 bits per heavy atom. The third-order valence-corrected chi connectivity index (χ3v) is 4.72. The highest BCUT2D eigenvalue weighted by atomic mass is 35.5. The van der Waals surface area contributed by atoms with Crippen LogP contribution in [0.3, 0.4) is 0 Å². The summed E-state index contributed by atoms with van der Waals surface area (Å²) < 4.78 is 28.0. The van der Waals surface area contributed by atoms with Crippen molar-refractivity contribution in [1.82, 2.24) is 14.3 Å². The number of hydrogen-bond donors (Lipinski definition) is 2. The highest BCUT2D eigenvalue weighted by Gasteiger charge is 2.26. The van der Waals surface area contributed by atoms with Crippen LogP contribution in [0.2, 0.25) is 0 Å². The molecule has 0 aliphatic carbocycles. The molecule has 1 atom stereocenters. The Balaban J connectivity index is 0.00000256. The Bertz CT molecular complexity index is 303. The number of hydrogen-bond acceptors (Lipinski definition) is 3. The first-order valence-corrected chi connectivity index (χ1v) is 7.31. The average molecular weight is 286 g/mol. The zero-order chi connectivity index (χ0) is 12.2. The van der Waals surface area contributed by atoms with Gasteiger partial charge in [-0.1, -0.05) is 6.92 Å². The molecule has 0 aromatic rings. The Morgan fingerprint density at radius 3 is 2.35 bits per heavy atom. The smallest absolute Gasteiger partial charge is 0.279 e. The van der Waals surface area contributed by atoms with Gasteiger partial charge < -0.3 is 5.32 Å². The molecule has 1 unspecified atom stereocenters. The quantitative estimate of drug-likeness (QED) is 0.777. The number of nitrogens with one attached hydrogen (secondary N) is 2. The molecule has 0 aromatic heterocycles. The molecule has 104 valence electrons. The van der Waals surface area contributed by atoms with E-state index in [0.717, 1.165) is 12.8 Å². The molecule has 5 nitrogen and oxygen atoms in total. The van der Waals surface area contributed by atoms with Gasteiger partial charge in [-0.25, -0.2) is 4.72 Å². The molecule has 0 aromatic carbocycles. The maximum atomic E-state index is 11.9. The Kier molecular flexibility index (Phi) is 7.58. The van der Waals surface area contributed by atoms with E-state index in [1.165, 1.54) is 0 Å². The molecule has 1 aliphatic heterocycles. The fourth-order valence-corrected chi connectivity index (χ4v) is 2.98. The van der Waals surface area contributed by atoms with E-state index >= 15 is 0 Å². The predicted molar refractivity (Wildman–Crippen MR) is 72.7 cm³/mol. The second-order valence-electron chi connectivity index (χ2n) is 4.62. The van der Waals surface area contributed by atoms with Gasteiger partial charge in [0.1, 0.15) is 0 Å². The van der Waals surface area contributed by atoms with Gasteiger partial charge in [-0.15, -0.1) is 12.4 Å². The third-order valence-electron chi connectivity index (χ3n) is 3.15. The minimum Gasteiger partial charge on any atom is -0.316 e. The first-order valence-electron chi connectivity index (χ1n) is 5.87. The zero-order valence-corrected chi connectivity index (χ0v) is 12.4. The number of likely N-dealkylation sites (N-methyl/N-ethyl adjacent to an activating group) is 1. The number of nitrogens with zero attached hydrogens (tertiary/aromatic N) is 1. The highest BCUT2D eigenvalue weighted by Crippen LogP contribution is 2.17. The van der Waals surface area contributed by atoms with E-state index in [1.807, 2.05) is 14.0 Å². The summed E-state index contributed by atoms with van der Waals surface area (Å²) in [6, 6.07) is 0.151. The second-order valence-corrected chi connectivity index (χ2v) is 6.38. The number of rotatable bonds is 5. The molecule has 0 spiro atoms. The highest BCUT2D eigenvalue weighted by molar-refractivity contribution is 7.87. The molecule has 1 rings (SSSR count). The number of halogens is 1. The third kappa shape index (κ3) is 5.52. The lowest BCUT2D eigenvalue weighted by molar-refractivity contribution is 0.284. The summed E-state index contributed by atoms with van der Waals surface area (Å²) in [5.74, 6) is 0.641. The van der Waals surface area contributed by atoms with Crippen molar-refractivity contribution >= 4 is 22.6 Å². The molecular weight excluding hydrogens is 262 g/mol. The molecule has 17 heavy (non-hydrogen) atoms. The van der Waals surface area contributed by atoms with Crippen molar-refractivity contribution in [1.29, 1.82) is 0 Å². The van der Waals surface area contributed by atoms with E-state index in [9.17, 15) is 8.42 Å². The monoisotopic (exact) mass is 285 g/mol. The van der Waals surface area contributed by atoms with Crippen LogP contribution in [0.4, 0.5) is 0 Å². The van der Waals surface area contributed by atoms with Crippen LogP contribution in [0.25, 0.3) is 0 Å². The summed E-state index contributed by atoms with van der Waals surface area (Å²) in [6.45, 7) is 5.83. The van der Waals surface area contributed by atoms with Crippen molar-refractivity contribution in [3.05, 3.63) is 0 Å². The standard InChI is InChI=1S/C10H23N3O2S.ClH/c1-9-4-6-13(7-5-9)16(14,15)12-8-10(2)11-3;/h9-12H,4-8H2,1-3H3;1H. The van der Waals surface area contributed by atoms with Crippen LogP contribution in [0, 0.1) is 5.92 Å². The van der Waals surface area contributed by atoms with Crippen LogP contribution >= 0.6 is 12.4 Å². The molecule has 7 heteroatoms. The lowest BCUT2D eigenvalue weighted by Gasteiger charge is -2.29. The van der Waals surface area contributed by atoms with Crippen LogP contribution in [0.1, 0.15) is 26.7 Å². The van der Waals surface area contributed by atoms with E-state index in [1.54, 1.807) is 4.31 Å². The molecule has 0 radical (unpaired) electrons. The summed E-state index contributed by atoms with van der Waals surface area (Å²) in [5, 5.41) is 3.00. The summed E-state index contributed by atoms with van der Waals surface area (Å²) in [4.78, 5) is 0. The van der Waals surface area contributed by atoms with Crippen molar-refractivity contribution in [3.8, 4) is 0 Å². The zero-order valence-electron chi connectivity index (χ0n) is 10.8. The van der Waals surface area contributed by atoms with Crippen molar-refractivity contribution in [3.63, 3.8) is 0 Å². The van der Waals surface area contributed by atoms with Gasteiger partial charge >= 0.3 is 0 Å². The minimum atomic E-state index is -3.27. The lowest BCUT2D eigenvalue weighted by atomic mass is 10.0. The van der Waals surface area contributed by atoms with Crippen LogP contribution in [-0.2, 0) is 10.2 Å². The Labute approximate surface area is 111 Å². The van der Waals surface area contributed by atoms with Gasteiger partial charge in [0.25, 0.3) is 10.2 Å². The normalized spacial score (nSPS) is 20.9. The van der Waals surface area contributed by atoms with Crippen LogP contribution in [0.15, 0.2) is 0 Å². The second kappa shape index (κ2) is 7.53. The molecular formula is C10H24ClN3O2S. The summed E-state index contributed by atoms with van der Waals surface area (Å²) in [5.41, 5.74) is 0. The van der Waals surface area contributed by atoms with E-state index in [2.05, 4.69) is 17.0 Å². The van der Waals surface area contributed by atoms with Gasteiger partial charge in [0.05, 0.1) is 0 Å². The largest absolute Gasteiger partial charge is 0.316 e. The summed E-state index contributed by atoms with van der Waals surface area (Å²) in [7, 11) is -1.45. The van der Waals surface area contributed by atoms with Crippen LogP contribution in [-0.4, -0.2) is 45.4 Å². The first-order chi connectivity index (χ1) is 7.45. The van der Waals surface area contributed by atoms with Gasteiger partial charge in [0.15, 0.2) is 0 Å². The molecule has 0 amide bonds. The molecule has 1 saturated heterocycles. The molecule has 1 aliphatic rings. The van der Waals surface area contributed by atoms with Gasteiger partial charge in [-0.2, -0.15) is 12.7 Å². The average Bonchev–Trinajstić information content (AvgIpc) is 2.26. The molecule has 1 heterocycles. The van der Waals surface area contributed by atoms with E-state index < -0.39 is 10.2 Å². The van der Waals surface area contributed by atoms with Crippen molar-refractivity contribution in [2.45, 2.75) is 32.7 Å². The van der Waals surface area contributed by atoms with Gasteiger partial charge in [0, 0.05) is 25.7 Å². The van der Waals surface area contributed by atoms with Gasteiger partial charge in [0.2, 0.25) is 0 Å². The van der Waals surface area contributed by atoms with E-state index in [-0.39, 0.29) is 18.4 Å². The first kappa shape index (κ1) is 17.1. The fraction of sp³-hybridized carbons (Fsp3) is 1.00. The SMILES string of the molecule is CNC(C)CNS(=O)(=O)N1CCC(C)CC1.Cl. The van der Waals surface area contributed by atoms with E-state index in [0.29, 0.717) is 25.6 Å². The minimum absolute atomic E-state index is 0. The molecule has 2 N–H and O–H groups in total. The van der Waals surface area contributed by atoms with Crippen molar-refractivity contribution < 1.29 is 8.42 Å². The summed E-state index contributed by atoms with van der Waals surface area (Å²) in [6.07, 6.45) is 1.92. The molecule has 1 fully saturated rings. The summed E-state index contributed by atoms with van der Waals surface area (Å²) >= 11 is 0. The topological polar surface area (TPSA) is 61.4 Å². The predicted octanol–water partition coefficient (Wildman–Crippen LogP) is 0.582. The van der Waals surface area contributed by atoms with Crippen molar-refractivity contribution in [2.24, 2.45) is 5.92 Å². The van der Waals surface area contributed by atoms with Crippen molar-refractivity contribution in [2.75, 3.05) is 26.7 Å². The number of piperidine rings is 1. The van der Waals surface area contributed by atoms with Gasteiger partial charge in [-0.05, 0) is 32.7 Å². The lowest BCUT2D eigenvalue weighted by Crippen LogP contribution is -2.47. The Hall–Kier alpha value is 0.120. The van der Waals surface area contributed by atoms with Gasteiger partial charge in [-0.3, -0.25) is 0 Å². The van der Waals surface area contributed by atoms with Crippen LogP contribution in [0.5, 0.6) is 0 Å². The maximum absolute atomic E-state index is 11.9. The Morgan fingerprint density at radius 1 is 1.35 bits per heavy atom. The fourth-order valence-electron chi connectivity index (χ4n) is 1.65. The maximum Gasteiger partial charge on any atom is 0.279 e.